The molecule has 0 aliphatic carbocycles. The van der Waals surface area contributed by atoms with E-state index in [4.69, 9.17) is 4.74 Å². The molecule has 0 amide bonds. The highest BCUT2D eigenvalue weighted by Gasteiger charge is 2.17. The summed E-state index contributed by atoms with van der Waals surface area (Å²) in [6.45, 7) is 6.56. The molecule has 2 aromatic carbocycles. The van der Waals surface area contributed by atoms with Gasteiger partial charge >= 0.3 is 5.97 Å². The van der Waals surface area contributed by atoms with Gasteiger partial charge in [0.2, 0.25) is 0 Å². The topological polar surface area (TPSA) is 51.5 Å². The fraction of sp³-hybridized carbons (Fsp3) is 0.150. The molecule has 0 aliphatic rings. The average molecular weight is 321 g/mol. The van der Waals surface area contributed by atoms with E-state index in [-0.39, 0.29) is 5.69 Å². The maximum atomic E-state index is 11.7. The predicted molar refractivity (Wildman–Crippen MR) is 94.9 cm³/mol. The third-order valence-corrected chi connectivity index (χ3v) is 4.07. The molecule has 24 heavy (non-hydrogen) atoms. The Labute approximate surface area is 140 Å². The minimum Gasteiger partial charge on any atom is -0.489 e. The van der Waals surface area contributed by atoms with Gasteiger partial charge in [-0.2, -0.15) is 0 Å². The first-order chi connectivity index (χ1) is 11.6. The number of rotatable bonds is 6. The van der Waals surface area contributed by atoms with Crippen LogP contribution in [0, 0.1) is 6.92 Å². The number of carboxylic acids is 1. The number of ether oxygens (including phenoxy) is 1. The molecule has 3 rings (SSSR count). The molecule has 1 N–H and O–H groups in total. The molecule has 122 valence electrons. The number of nitrogens with zero attached hydrogens (tertiary/aromatic N) is 1. The zero-order chi connectivity index (χ0) is 17.1. The second kappa shape index (κ2) is 6.62. The van der Waals surface area contributed by atoms with Crippen molar-refractivity contribution in [2.45, 2.75) is 13.5 Å². The molecule has 0 spiro atoms. The number of carbonyl (C=O) groups is 1. The molecule has 0 atom stereocenters. The van der Waals surface area contributed by atoms with E-state index in [1.165, 1.54) is 0 Å². The van der Waals surface area contributed by atoms with Crippen molar-refractivity contribution < 1.29 is 14.6 Å². The number of hydrogen-bond acceptors (Lipinski definition) is 2. The summed E-state index contributed by atoms with van der Waals surface area (Å²) in [5.74, 6) is -0.284. The maximum Gasteiger partial charge on any atom is 0.352 e. The van der Waals surface area contributed by atoms with Crippen molar-refractivity contribution in [1.29, 1.82) is 0 Å². The van der Waals surface area contributed by atoms with Crippen molar-refractivity contribution in [2.24, 2.45) is 0 Å². The lowest BCUT2D eigenvalue weighted by molar-refractivity contribution is 0.0686. The summed E-state index contributed by atoms with van der Waals surface area (Å²) in [5.41, 5.74) is 3.32. The van der Waals surface area contributed by atoms with E-state index in [0.717, 1.165) is 22.0 Å². The lowest BCUT2D eigenvalue weighted by atomic mass is 10.1. The van der Waals surface area contributed by atoms with Gasteiger partial charge in [0.25, 0.3) is 0 Å². The Balaban J connectivity index is 2.15. The van der Waals surface area contributed by atoms with Crippen LogP contribution in [0.2, 0.25) is 0 Å². The molecule has 0 unspecified atom stereocenters. The molecule has 3 aromatic rings. The Bertz CT molecular complexity index is 908. The maximum absolute atomic E-state index is 11.7. The minimum atomic E-state index is -0.950. The quantitative estimate of drug-likeness (QED) is 0.690. The van der Waals surface area contributed by atoms with Crippen LogP contribution in [0.3, 0.4) is 0 Å². The number of fused-ring (bicyclic) bond motifs is 1. The monoisotopic (exact) mass is 321 g/mol. The Kier molecular flexibility index (Phi) is 4.38. The van der Waals surface area contributed by atoms with Gasteiger partial charge in [-0.1, -0.05) is 43.0 Å². The number of aromatic nitrogens is 1. The van der Waals surface area contributed by atoms with Gasteiger partial charge in [0.05, 0.1) is 5.52 Å². The highest BCUT2D eigenvalue weighted by atomic mass is 16.5. The molecule has 1 heterocycles. The van der Waals surface area contributed by atoms with Gasteiger partial charge in [-0.15, -0.1) is 0 Å². The summed E-state index contributed by atoms with van der Waals surface area (Å²) < 4.78 is 7.49. The zero-order valence-corrected chi connectivity index (χ0v) is 13.5. The lowest BCUT2D eigenvalue weighted by Gasteiger charge is -2.11. The first-order valence-corrected chi connectivity index (χ1v) is 7.75. The van der Waals surface area contributed by atoms with Gasteiger partial charge in [-0.05, 0) is 36.2 Å². The summed E-state index contributed by atoms with van der Waals surface area (Å²) in [6.07, 6.45) is 1.67. The number of carboxylic acid groups (broad SMARTS) is 1. The molecule has 0 saturated carbocycles. The van der Waals surface area contributed by atoms with Crippen LogP contribution in [0.1, 0.15) is 21.6 Å². The van der Waals surface area contributed by atoms with Crippen molar-refractivity contribution in [3.05, 3.63) is 78.0 Å². The fourth-order valence-corrected chi connectivity index (χ4v) is 2.84. The number of aryl methyl sites for hydroxylation is 1. The van der Waals surface area contributed by atoms with Crippen LogP contribution in [-0.2, 0) is 6.54 Å². The highest BCUT2D eigenvalue weighted by molar-refractivity contribution is 5.97. The predicted octanol–water partition coefficient (Wildman–Crippen LogP) is 4.26. The second-order valence-corrected chi connectivity index (χ2v) is 5.64. The van der Waals surface area contributed by atoms with Crippen LogP contribution in [0.4, 0.5) is 0 Å². The van der Waals surface area contributed by atoms with Crippen molar-refractivity contribution in [2.75, 3.05) is 6.61 Å². The molecule has 0 aliphatic heterocycles. The molecular weight excluding hydrogens is 302 g/mol. The smallest absolute Gasteiger partial charge is 0.352 e. The summed E-state index contributed by atoms with van der Waals surface area (Å²) in [6, 6.07) is 15.3. The molecule has 1 aromatic heterocycles. The van der Waals surface area contributed by atoms with E-state index in [9.17, 15) is 9.90 Å². The van der Waals surface area contributed by atoms with Crippen LogP contribution in [0.15, 0.2) is 61.2 Å². The van der Waals surface area contributed by atoms with Crippen molar-refractivity contribution in [1.82, 2.24) is 4.57 Å². The summed E-state index contributed by atoms with van der Waals surface area (Å²) in [5, 5.41) is 10.4. The first kappa shape index (κ1) is 15.9. The Morgan fingerprint density at radius 3 is 2.75 bits per heavy atom. The van der Waals surface area contributed by atoms with Crippen molar-refractivity contribution >= 4 is 16.9 Å². The van der Waals surface area contributed by atoms with Crippen LogP contribution in [-0.4, -0.2) is 22.2 Å². The summed E-state index contributed by atoms with van der Waals surface area (Å²) >= 11 is 0. The SMILES string of the molecule is C=CCOc1cccc2c1cc(C(=O)O)n2Cc1ccccc1C. The molecule has 0 fully saturated rings. The Hall–Kier alpha value is -3.01. The molecule has 4 nitrogen and oxygen atoms in total. The molecular formula is C20H19NO3. The largest absolute Gasteiger partial charge is 0.489 e. The van der Waals surface area contributed by atoms with Crippen molar-refractivity contribution in [3.63, 3.8) is 0 Å². The normalized spacial score (nSPS) is 10.7. The number of hydrogen-bond donors (Lipinski definition) is 1. The molecule has 0 radical (unpaired) electrons. The standard InChI is InChI=1S/C20H19NO3/c1-3-11-24-19-10-6-9-17-16(19)12-18(20(22)23)21(17)13-15-8-5-4-7-14(15)2/h3-10,12H,1,11,13H2,2H3,(H,22,23). The summed E-state index contributed by atoms with van der Waals surface area (Å²) in [4.78, 5) is 11.7. The van der Waals surface area contributed by atoms with E-state index in [2.05, 4.69) is 6.58 Å². The van der Waals surface area contributed by atoms with E-state index in [1.807, 2.05) is 54.0 Å². The minimum absolute atomic E-state index is 0.253. The highest BCUT2D eigenvalue weighted by Crippen LogP contribution is 2.30. The van der Waals surface area contributed by atoms with Crippen molar-refractivity contribution in [3.8, 4) is 5.75 Å². The van der Waals surface area contributed by atoms with Gasteiger partial charge in [0, 0.05) is 11.9 Å². The van der Waals surface area contributed by atoms with Gasteiger partial charge in [-0.3, -0.25) is 0 Å². The number of aromatic carboxylic acids is 1. The van der Waals surface area contributed by atoms with Gasteiger partial charge < -0.3 is 14.4 Å². The van der Waals surface area contributed by atoms with E-state index in [1.54, 1.807) is 12.1 Å². The molecule has 4 heteroatoms. The van der Waals surface area contributed by atoms with Crippen LogP contribution < -0.4 is 4.74 Å². The van der Waals surface area contributed by atoms with E-state index in [0.29, 0.717) is 18.9 Å². The van der Waals surface area contributed by atoms with Crippen LogP contribution in [0.25, 0.3) is 10.9 Å². The first-order valence-electron chi connectivity index (χ1n) is 7.75. The van der Waals surface area contributed by atoms with E-state index < -0.39 is 5.97 Å². The summed E-state index contributed by atoms with van der Waals surface area (Å²) in [7, 11) is 0. The van der Waals surface area contributed by atoms with Gasteiger partial charge in [0.1, 0.15) is 18.1 Å². The van der Waals surface area contributed by atoms with Crippen LogP contribution >= 0.6 is 0 Å². The third-order valence-electron chi connectivity index (χ3n) is 4.07. The molecule has 0 bridgehead atoms. The lowest BCUT2D eigenvalue weighted by Crippen LogP contribution is -2.10. The van der Waals surface area contributed by atoms with Gasteiger partial charge in [0.15, 0.2) is 0 Å². The van der Waals surface area contributed by atoms with Gasteiger partial charge in [-0.25, -0.2) is 4.79 Å². The average Bonchev–Trinajstić information content (AvgIpc) is 2.94. The fourth-order valence-electron chi connectivity index (χ4n) is 2.84. The number of benzene rings is 2. The van der Waals surface area contributed by atoms with E-state index >= 15 is 0 Å². The Morgan fingerprint density at radius 1 is 1.25 bits per heavy atom. The zero-order valence-electron chi connectivity index (χ0n) is 13.5. The second-order valence-electron chi connectivity index (χ2n) is 5.64. The van der Waals surface area contributed by atoms with Crippen LogP contribution in [0.5, 0.6) is 5.75 Å². The Morgan fingerprint density at radius 2 is 2.04 bits per heavy atom. The third kappa shape index (κ3) is 2.91. The molecule has 0 saturated heterocycles.